The summed E-state index contributed by atoms with van der Waals surface area (Å²) in [5.41, 5.74) is 5.99. The Hall–Kier alpha value is -1.55. The van der Waals surface area contributed by atoms with Crippen LogP contribution in [0.1, 0.15) is 25.8 Å². The van der Waals surface area contributed by atoms with Gasteiger partial charge in [0.1, 0.15) is 11.9 Å². The summed E-state index contributed by atoms with van der Waals surface area (Å²) < 4.78 is 5.85. The van der Waals surface area contributed by atoms with Crippen LogP contribution in [-0.2, 0) is 11.2 Å². The molecule has 104 valence electrons. The third-order valence-corrected chi connectivity index (χ3v) is 4.20. The number of carboxylic acid groups (broad SMARTS) is 1. The molecule has 0 amide bonds. The van der Waals surface area contributed by atoms with Gasteiger partial charge in [0.15, 0.2) is 0 Å². The first-order valence-corrected chi connectivity index (χ1v) is 6.67. The average molecular weight is 263 g/mol. The van der Waals surface area contributed by atoms with Crippen LogP contribution in [0.5, 0.6) is 5.75 Å². The van der Waals surface area contributed by atoms with Crippen molar-refractivity contribution in [2.24, 2.45) is 17.1 Å². The summed E-state index contributed by atoms with van der Waals surface area (Å²) in [5.74, 6) is 0.0134. The van der Waals surface area contributed by atoms with Gasteiger partial charge in [0.25, 0.3) is 0 Å². The molecule has 1 aliphatic heterocycles. The molecule has 2 atom stereocenters. The molecular weight excluding hydrogens is 242 g/mol. The fourth-order valence-corrected chi connectivity index (χ4v) is 2.75. The van der Waals surface area contributed by atoms with Crippen molar-refractivity contribution in [3.63, 3.8) is 0 Å². The predicted molar refractivity (Wildman–Crippen MR) is 73.1 cm³/mol. The van der Waals surface area contributed by atoms with Crippen LogP contribution >= 0.6 is 0 Å². The second kappa shape index (κ2) is 5.21. The second-order valence-corrected chi connectivity index (χ2v) is 5.58. The van der Waals surface area contributed by atoms with Gasteiger partial charge in [0, 0.05) is 19.4 Å². The highest BCUT2D eigenvalue weighted by Gasteiger charge is 2.44. The number of benzene rings is 1. The van der Waals surface area contributed by atoms with Gasteiger partial charge in [-0.2, -0.15) is 0 Å². The zero-order valence-corrected chi connectivity index (χ0v) is 11.4. The maximum Gasteiger partial charge on any atom is 0.311 e. The van der Waals surface area contributed by atoms with Crippen LogP contribution in [0.2, 0.25) is 0 Å². The molecule has 0 saturated carbocycles. The summed E-state index contributed by atoms with van der Waals surface area (Å²) >= 11 is 0. The third kappa shape index (κ3) is 2.45. The molecular formula is C15H21NO3. The minimum Gasteiger partial charge on any atom is -0.490 e. The van der Waals surface area contributed by atoms with E-state index in [-0.39, 0.29) is 18.6 Å². The van der Waals surface area contributed by atoms with E-state index in [9.17, 15) is 9.90 Å². The SMILES string of the molecule is CC(C)C(CN)(CC1Cc2ccccc2O1)C(=O)O. The smallest absolute Gasteiger partial charge is 0.311 e. The first-order chi connectivity index (χ1) is 8.99. The van der Waals surface area contributed by atoms with Crippen LogP contribution in [0.15, 0.2) is 24.3 Å². The van der Waals surface area contributed by atoms with E-state index in [0.29, 0.717) is 6.42 Å². The molecule has 0 bridgehead atoms. The lowest BCUT2D eigenvalue weighted by atomic mass is 9.72. The fraction of sp³-hybridized carbons (Fsp3) is 0.533. The van der Waals surface area contributed by atoms with E-state index in [2.05, 4.69) is 0 Å². The average Bonchev–Trinajstić information content (AvgIpc) is 2.77. The summed E-state index contributed by atoms with van der Waals surface area (Å²) in [6.07, 6.45) is 1.11. The van der Waals surface area contributed by atoms with Crippen LogP contribution in [0.3, 0.4) is 0 Å². The molecule has 0 fully saturated rings. The van der Waals surface area contributed by atoms with E-state index in [1.54, 1.807) is 0 Å². The number of nitrogens with two attached hydrogens (primary N) is 1. The Morgan fingerprint density at radius 1 is 1.53 bits per heavy atom. The molecule has 0 aliphatic carbocycles. The molecule has 1 aliphatic rings. The Kier molecular flexibility index (Phi) is 3.80. The van der Waals surface area contributed by atoms with Crippen LogP contribution in [-0.4, -0.2) is 23.7 Å². The number of carbonyl (C=O) groups is 1. The lowest BCUT2D eigenvalue weighted by Gasteiger charge is -2.33. The number of carboxylic acids is 1. The van der Waals surface area contributed by atoms with E-state index in [1.807, 2.05) is 38.1 Å². The Bertz CT molecular complexity index is 447. The lowest BCUT2D eigenvalue weighted by Crippen LogP contribution is -2.46. The summed E-state index contributed by atoms with van der Waals surface area (Å²) in [6, 6.07) is 7.85. The van der Waals surface area contributed by atoms with Crippen molar-refractivity contribution >= 4 is 5.97 Å². The first-order valence-electron chi connectivity index (χ1n) is 6.67. The number of hydrogen-bond acceptors (Lipinski definition) is 3. The Labute approximate surface area is 113 Å². The van der Waals surface area contributed by atoms with Crippen molar-refractivity contribution in [2.45, 2.75) is 32.8 Å². The molecule has 0 saturated heterocycles. The summed E-state index contributed by atoms with van der Waals surface area (Å²) in [4.78, 5) is 11.6. The van der Waals surface area contributed by atoms with Gasteiger partial charge >= 0.3 is 5.97 Å². The van der Waals surface area contributed by atoms with Gasteiger partial charge in [-0.15, -0.1) is 0 Å². The van der Waals surface area contributed by atoms with Gasteiger partial charge < -0.3 is 15.6 Å². The number of para-hydroxylation sites is 1. The molecule has 4 nitrogen and oxygen atoms in total. The molecule has 2 rings (SSSR count). The lowest BCUT2D eigenvalue weighted by molar-refractivity contribution is -0.153. The zero-order valence-electron chi connectivity index (χ0n) is 11.4. The van der Waals surface area contributed by atoms with Crippen LogP contribution in [0.25, 0.3) is 0 Å². The van der Waals surface area contributed by atoms with E-state index in [4.69, 9.17) is 10.5 Å². The summed E-state index contributed by atoms with van der Waals surface area (Å²) in [7, 11) is 0. The maximum atomic E-state index is 11.6. The molecule has 0 aromatic heterocycles. The number of hydrogen-bond donors (Lipinski definition) is 2. The largest absolute Gasteiger partial charge is 0.490 e. The van der Waals surface area contributed by atoms with Crippen molar-refractivity contribution in [2.75, 3.05) is 6.54 Å². The van der Waals surface area contributed by atoms with Crippen molar-refractivity contribution in [1.82, 2.24) is 0 Å². The minimum absolute atomic E-state index is 0.0256. The highest BCUT2D eigenvalue weighted by Crippen LogP contribution is 2.38. The van der Waals surface area contributed by atoms with E-state index < -0.39 is 11.4 Å². The molecule has 1 aromatic carbocycles. The normalized spacial score (nSPS) is 20.7. The Morgan fingerprint density at radius 2 is 2.21 bits per heavy atom. The van der Waals surface area contributed by atoms with Gasteiger partial charge in [-0.25, -0.2) is 0 Å². The van der Waals surface area contributed by atoms with Gasteiger partial charge in [0.05, 0.1) is 5.41 Å². The highest BCUT2D eigenvalue weighted by atomic mass is 16.5. The number of rotatable bonds is 5. The monoisotopic (exact) mass is 263 g/mol. The van der Waals surface area contributed by atoms with Gasteiger partial charge in [-0.1, -0.05) is 32.0 Å². The molecule has 1 aromatic rings. The van der Waals surface area contributed by atoms with E-state index in [0.717, 1.165) is 17.7 Å². The molecule has 2 unspecified atom stereocenters. The molecule has 19 heavy (non-hydrogen) atoms. The van der Waals surface area contributed by atoms with Crippen LogP contribution < -0.4 is 10.5 Å². The molecule has 0 radical (unpaired) electrons. The Balaban J connectivity index is 2.15. The van der Waals surface area contributed by atoms with E-state index >= 15 is 0 Å². The fourth-order valence-electron chi connectivity index (χ4n) is 2.75. The van der Waals surface area contributed by atoms with Crippen molar-refractivity contribution in [1.29, 1.82) is 0 Å². The van der Waals surface area contributed by atoms with Crippen LogP contribution in [0.4, 0.5) is 0 Å². The Morgan fingerprint density at radius 3 is 2.74 bits per heavy atom. The summed E-state index contributed by atoms with van der Waals surface area (Å²) in [6.45, 7) is 3.95. The highest BCUT2D eigenvalue weighted by molar-refractivity contribution is 5.75. The molecule has 3 N–H and O–H groups in total. The van der Waals surface area contributed by atoms with Gasteiger partial charge in [-0.05, 0) is 17.5 Å². The second-order valence-electron chi connectivity index (χ2n) is 5.58. The van der Waals surface area contributed by atoms with Crippen molar-refractivity contribution in [3.8, 4) is 5.75 Å². The molecule has 0 spiro atoms. The number of ether oxygens (including phenoxy) is 1. The summed E-state index contributed by atoms with van der Waals surface area (Å²) in [5, 5.41) is 9.54. The van der Waals surface area contributed by atoms with Crippen molar-refractivity contribution < 1.29 is 14.6 Å². The van der Waals surface area contributed by atoms with Crippen LogP contribution in [0, 0.1) is 11.3 Å². The van der Waals surface area contributed by atoms with Gasteiger partial charge in [-0.3, -0.25) is 4.79 Å². The van der Waals surface area contributed by atoms with E-state index in [1.165, 1.54) is 0 Å². The molecule has 1 heterocycles. The third-order valence-electron chi connectivity index (χ3n) is 4.20. The zero-order chi connectivity index (χ0) is 14.0. The van der Waals surface area contributed by atoms with Gasteiger partial charge in [0.2, 0.25) is 0 Å². The molecule has 4 heteroatoms. The number of aliphatic carboxylic acids is 1. The predicted octanol–water partition coefficient (Wildman–Crippen LogP) is 2.07. The quantitative estimate of drug-likeness (QED) is 0.853. The van der Waals surface area contributed by atoms with Crippen molar-refractivity contribution in [3.05, 3.63) is 29.8 Å². The standard InChI is InChI=1S/C15H21NO3/c1-10(2)15(9-16,14(17)18)8-12-7-11-5-3-4-6-13(11)19-12/h3-6,10,12H,7-9,16H2,1-2H3,(H,17,18). The maximum absolute atomic E-state index is 11.6. The first kappa shape index (κ1) is 13.9. The number of fused-ring (bicyclic) bond motifs is 1. The minimum atomic E-state index is -0.910. The topological polar surface area (TPSA) is 72.5 Å².